The lowest BCUT2D eigenvalue weighted by molar-refractivity contribution is 0.129. The van der Waals surface area contributed by atoms with Gasteiger partial charge in [0.1, 0.15) is 0 Å². The fraction of sp³-hybridized carbons (Fsp3) is 0.167. The fourth-order valence-electron chi connectivity index (χ4n) is 3.33. The van der Waals surface area contributed by atoms with Gasteiger partial charge in [0.25, 0.3) is 0 Å². The monoisotopic (exact) mass is 372 g/mol. The molecule has 0 unspecified atom stereocenters. The average molecular weight is 372 g/mol. The summed E-state index contributed by atoms with van der Waals surface area (Å²) in [5, 5.41) is 3.81. The van der Waals surface area contributed by atoms with Gasteiger partial charge in [-0.1, -0.05) is 61.7 Å². The van der Waals surface area contributed by atoms with Gasteiger partial charge in [0.15, 0.2) is 0 Å². The topological polar surface area (TPSA) is 24.9 Å². The predicted molar refractivity (Wildman–Crippen MR) is 114 cm³/mol. The van der Waals surface area contributed by atoms with Crippen LogP contribution in [0.3, 0.4) is 0 Å². The third-order valence-electron chi connectivity index (χ3n) is 4.98. The van der Waals surface area contributed by atoms with Crippen LogP contribution in [0.15, 0.2) is 108 Å². The summed E-state index contributed by atoms with van der Waals surface area (Å²) < 4.78 is 0. The Morgan fingerprint density at radius 3 is 1.43 bits per heavy atom. The van der Waals surface area contributed by atoms with Crippen molar-refractivity contribution in [2.24, 2.45) is 0 Å². The first-order valence-electron chi connectivity index (χ1n) is 9.40. The van der Waals surface area contributed by atoms with E-state index in [1.165, 1.54) is 0 Å². The molecule has 0 saturated carbocycles. The second-order valence-corrected chi connectivity index (χ2v) is 6.75. The Hall–Kier alpha value is -3.08. The van der Waals surface area contributed by atoms with E-state index in [4.69, 9.17) is 9.68 Å². The van der Waals surface area contributed by atoms with E-state index >= 15 is 0 Å². The maximum Gasteiger partial charge on any atom is 0.0937 e. The van der Waals surface area contributed by atoms with Crippen LogP contribution in [-0.2, 0) is 9.68 Å². The summed E-state index contributed by atoms with van der Waals surface area (Å²) in [5.74, 6) is 0. The van der Waals surface area contributed by atoms with E-state index < -0.39 is 0 Å². The maximum atomic E-state index is 5.79. The van der Waals surface area contributed by atoms with Gasteiger partial charge in [0, 0.05) is 0 Å². The van der Waals surface area contributed by atoms with Gasteiger partial charge in [-0.25, -0.2) is 10.1 Å². The van der Waals surface area contributed by atoms with Gasteiger partial charge in [0.05, 0.1) is 37.7 Å². The van der Waals surface area contributed by atoms with Crippen molar-refractivity contribution in [3.8, 4) is 0 Å². The van der Waals surface area contributed by atoms with E-state index in [1.54, 1.807) is 0 Å². The van der Waals surface area contributed by atoms with Crippen LogP contribution in [0.25, 0.3) is 0 Å². The Kier molecular flexibility index (Phi) is 5.42. The van der Waals surface area contributed by atoms with Crippen molar-refractivity contribution in [2.75, 3.05) is 36.4 Å². The quantitative estimate of drug-likeness (QED) is 0.700. The molecule has 0 fully saturated rings. The Morgan fingerprint density at radius 2 is 1.04 bits per heavy atom. The maximum absolute atomic E-state index is 5.79. The summed E-state index contributed by atoms with van der Waals surface area (Å²) in [6.07, 6.45) is 4.17. The normalized spacial score (nSPS) is 17.0. The van der Waals surface area contributed by atoms with Crippen LogP contribution in [0, 0.1) is 0 Å². The number of hydroxylamine groups is 2. The Labute approximate surface area is 166 Å². The third-order valence-corrected chi connectivity index (χ3v) is 4.98. The molecule has 0 bridgehead atoms. The minimum atomic E-state index is 0.523. The van der Waals surface area contributed by atoms with Gasteiger partial charge in [-0.2, -0.15) is 0 Å². The molecule has 142 valence electrons. The second kappa shape index (κ2) is 8.30. The number of para-hydroxylation sites is 2. The number of anilines is 2. The van der Waals surface area contributed by atoms with Gasteiger partial charge < -0.3 is 0 Å². The SMILES string of the molecule is C=C(C(=C)C1=CCON(c2ccccc2)C1)C1=CCON(c2ccccc2)C1. The van der Waals surface area contributed by atoms with Crippen LogP contribution >= 0.6 is 0 Å². The van der Waals surface area contributed by atoms with E-state index in [-0.39, 0.29) is 0 Å². The van der Waals surface area contributed by atoms with Crippen LogP contribution in [0.5, 0.6) is 0 Å². The molecule has 28 heavy (non-hydrogen) atoms. The standard InChI is InChI=1S/C24H24N2O2/c1-19(21-13-15-27-25(17-21)23-9-5-3-6-10-23)20(2)22-14-16-28-26(18-22)24-11-7-4-8-12-24/h3-14H,1-2,15-18H2. The minimum Gasteiger partial charge on any atom is -0.269 e. The summed E-state index contributed by atoms with van der Waals surface area (Å²) in [6, 6.07) is 20.2. The summed E-state index contributed by atoms with van der Waals surface area (Å²) in [5.41, 5.74) is 6.24. The lowest BCUT2D eigenvalue weighted by Gasteiger charge is -2.32. The molecule has 2 aromatic rings. The largest absolute Gasteiger partial charge is 0.269 e. The molecule has 2 heterocycles. The highest BCUT2D eigenvalue weighted by Gasteiger charge is 2.21. The zero-order chi connectivity index (χ0) is 19.3. The van der Waals surface area contributed by atoms with E-state index in [0.29, 0.717) is 26.3 Å². The first kappa shape index (κ1) is 18.3. The predicted octanol–water partition coefficient (Wildman–Crippen LogP) is 4.86. The Balaban J connectivity index is 1.45. The van der Waals surface area contributed by atoms with Crippen molar-refractivity contribution in [1.29, 1.82) is 0 Å². The van der Waals surface area contributed by atoms with Gasteiger partial charge in [0.2, 0.25) is 0 Å². The molecule has 0 aliphatic carbocycles. The molecule has 4 rings (SSSR count). The first-order valence-corrected chi connectivity index (χ1v) is 9.40. The van der Waals surface area contributed by atoms with Crippen LogP contribution in [-0.4, -0.2) is 26.3 Å². The smallest absolute Gasteiger partial charge is 0.0937 e. The molecular formula is C24H24N2O2. The Morgan fingerprint density at radius 1 is 0.643 bits per heavy atom. The van der Waals surface area contributed by atoms with Crippen molar-refractivity contribution in [2.45, 2.75) is 0 Å². The summed E-state index contributed by atoms with van der Waals surface area (Å²) >= 11 is 0. The molecule has 2 aromatic carbocycles. The molecule has 4 nitrogen and oxygen atoms in total. The molecule has 0 aromatic heterocycles. The molecule has 0 N–H and O–H groups in total. The lowest BCUT2D eigenvalue weighted by atomic mass is 9.93. The van der Waals surface area contributed by atoms with Crippen LogP contribution < -0.4 is 10.1 Å². The summed E-state index contributed by atoms with van der Waals surface area (Å²) in [4.78, 5) is 11.6. The molecule has 0 atom stereocenters. The first-order chi connectivity index (χ1) is 13.7. The van der Waals surface area contributed by atoms with E-state index in [2.05, 4.69) is 25.3 Å². The van der Waals surface area contributed by atoms with Gasteiger partial charge >= 0.3 is 0 Å². The average Bonchev–Trinajstić information content (AvgIpc) is 2.79. The fourth-order valence-corrected chi connectivity index (χ4v) is 3.33. The number of benzene rings is 2. The molecule has 0 amide bonds. The van der Waals surface area contributed by atoms with Gasteiger partial charge in [-0.05, 0) is 46.6 Å². The summed E-state index contributed by atoms with van der Waals surface area (Å²) in [6.45, 7) is 11.0. The summed E-state index contributed by atoms with van der Waals surface area (Å²) in [7, 11) is 0. The number of hydrogen-bond acceptors (Lipinski definition) is 4. The van der Waals surface area contributed by atoms with Crippen LogP contribution in [0.4, 0.5) is 11.4 Å². The molecule has 2 aliphatic heterocycles. The highest BCUT2D eigenvalue weighted by molar-refractivity contribution is 5.59. The second-order valence-electron chi connectivity index (χ2n) is 6.75. The lowest BCUT2D eigenvalue weighted by Crippen LogP contribution is -2.32. The van der Waals surface area contributed by atoms with Crippen molar-refractivity contribution in [3.63, 3.8) is 0 Å². The minimum absolute atomic E-state index is 0.523. The van der Waals surface area contributed by atoms with Crippen molar-refractivity contribution in [3.05, 3.63) is 108 Å². The van der Waals surface area contributed by atoms with Crippen LogP contribution in [0.2, 0.25) is 0 Å². The molecular weight excluding hydrogens is 348 g/mol. The molecule has 4 heteroatoms. The van der Waals surface area contributed by atoms with Crippen molar-refractivity contribution < 1.29 is 9.68 Å². The number of nitrogens with zero attached hydrogens (tertiary/aromatic N) is 2. The third kappa shape index (κ3) is 3.93. The molecule has 0 radical (unpaired) electrons. The van der Waals surface area contributed by atoms with Gasteiger partial charge in [-0.3, -0.25) is 9.68 Å². The molecule has 0 spiro atoms. The van der Waals surface area contributed by atoms with Crippen molar-refractivity contribution >= 4 is 11.4 Å². The highest BCUT2D eigenvalue weighted by Crippen LogP contribution is 2.30. The van der Waals surface area contributed by atoms with E-state index in [9.17, 15) is 0 Å². The zero-order valence-corrected chi connectivity index (χ0v) is 15.9. The highest BCUT2D eigenvalue weighted by atomic mass is 16.7. The number of hydrogen-bond donors (Lipinski definition) is 0. The van der Waals surface area contributed by atoms with E-state index in [1.807, 2.05) is 70.8 Å². The molecule has 0 saturated heterocycles. The zero-order valence-electron chi connectivity index (χ0n) is 15.9. The van der Waals surface area contributed by atoms with Gasteiger partial charge in [-0.15, -0.1) is 0 Å². The number of rotatable bonds is 5. The molecule has 2 aliphatic rings. The van der Waals surface area contributed by atoms with Crippen molar-refractivity contribution in [1.82, 2.24) is 0 Å². The Bertz CT molecular complexity index is 839. The van der Waals surface area contributed by atoms with E-state index in [0.717, 1.165) is 33.7 Å². The van der Waals surface area contributed by atoms with Crippen LogP contribution in [0.1, 0.15) is 0 Å².